The van der Waals surface area contributed by atoms with Crippen molar-refractivity contribution >= 4 is 10.3 Å². The summed E-state index contributed by atoms with van der Waals surface area (Å²) in [5.41, 5.74) is 4.63. The molecule has 0 spiro atoms. The van der Waals surface area contributed by atoms with E-state index in [9.17, 15) is 8.42 Å². The SMILES string of the molecule is NCOS(N)(=O)=O. The molecule has 0 saturated heterocycles. The summed E-state index contributed by atoms with van der Waals surface area (Å²) < 4.78 is 23.2. The molecule has 0 fully saturated rings. The Balaban J connectivity index is 3.60. The summed E-state index contributed by atoms with van der Waals surface area (Å²) in [6.45, 7) is -0.404. The summed E-state index contributed by atoms with van der Waals surface area (Å²) in [6, 6.07) is 0. The summed E-state index contributed by atoms with van der Waals surface area (Å²) in [4.78, 5) is 0. The van der Waals surface area contributed by atoms with Gasteiger partial charge in [-0.05, 0) is 0 Å². The molecule has 0 amide bonds. The van der Waals surface area contributed by atoms with Crippen LogP contribution < -0.4 is 10.9 Å². The summed E-state index contributed by atoms with van der Waals surface area (Å²) in [5, 5.41) is 4.32. The van der Waals surface area contributed by atoms with Crippen molar-refractivity contribution in [1.82, 2.24) is 0 Å². The quantitative estimate of drug-likeness (QED) is 0.423. The molecule has 0 unspecified atom stereocenters. The summed E-state index contributed by atoms with van der Waals surface area (Å²) >= 11 is 0. The third-order valence-electron chi connectivity index (χ3n) is 0.232. The fourth-order valence-electron chi connectivity index (χ4n) is 0.0948. The van der Waals surface area contributed by atoms with Crippen molar-refractivity contribution in [3.63, 3.8) is 0 Å². The van der Waals surface area contributed by atoms with Crippen LogP contribution >= 0.6 is 0 Å². The molecule has 5 nitrogen and oxygen atoms in total. The van der Waals surface area contributed by atoms with Gasteiger partial charge in [-0.25, -0.2) is 9.32 Å². The molecular weight excluding hydrogens is 120 g/mol. The first-order chi connectivity index (χ1) is 3.06. The van der Waals surface area contributed by atoms with Gasteiger partial charge in [0.05, 0.1) is 0 Å². The van der Waals surface area contributed by atoms with Crippen molar-refractivity contribution in [1.29, 1.82) is 0 Å². The van der Waals surface area contributed by atoms with E-state index in [1.807, 2.05) is 0 Å². The molecule has 44 valence electrons. The smallest absolute Gasteiger partial charge is 0.307 e. The van der Waals surface area contributed by atoms with E-state index in [0.29, 0.717) is 0 Å². The standard InChI is InChI=1S/CH6N2O3S/c2-1-6-7(3,4)5/h1-2H2,(H2,3,4,5). The average Bonchev–Trinajstić information content (AvgIpc) is 1.30. The van der Waals surface area contributed by atoms with Crippen LogP contribution in [0.3, 0.4) is 0 Å². The molecule has 0 bridgehead atoms. The van der Waals surface area contributed by atoms with Crippen molar-refractivity contribution < 1.29 is 12.6 Å². The average molecular weight is 126 g/mol. The molecule has 0 aromatic heterocycles. The summed E-state index contributed by atoms with van der Waals surface area (Å²) in [6.07, 6.45) is 0. The van der Waals surface area contributed by atoms with Crippen LogP contribution in [0.25, 0.3) is 0 Å². The van der Waals surface area contributed by atoms with Gasteiger partial charge in [0.15, 0.2) is 0 Å². The van der Waals surface area contributed by atoms with Crippen LogP contribution in [-0.4, -0.2) is 15.1 Å². The first kappa shape index (κ1) is 6.83. The summed E-state index contributed by atoms with van der Waals surface area (Å²) in [5.74, 6) is 0. The Morgan fingerprint density at radius 1 is 1.57 bits per heavy atom. The van der Waals surface area contributed by atoms with Gasteiger partial charge in [-0.3, -0.25) is 0 Å². The molecule has 0 aromatic carbocycles. The molecular formula is CH6N2O3S. The second-order valence-electron chi connectivity index (χ2n) is 0.777. The van der Waals surface area contributed by atoms with E-state index in [1.165, 1.54) is 0 Å². The Bertz CT molecular complexity index is 126. The normalized spacial score (nSPS) is 11.7. The highest BCUT2D eigenvalue weighted by Crippen LogP contribution is 1.72. The molecule has 0 aromatic rings. The Morgan fingerprint density at radius 2 is 2.00 bits per heavy atom. The van der Waals surface area contributed by atoms with Crippen molar-refractivity contribution in [3.05, 3.63) is 0 Å². The predicted molar refractivity (Wildman–Crippen MR) is 23.2 cm³/mol. The van der Waals surface area contributed by atoms with E-state index < -0.39 is 17.0 Å². The second-order valence-corrected chi connectivity index (χ2v) is 2.00. The molecule has 4 N–H and O–H groups in total. The van der Waals surface area contributed by atoms with E-state index in [0.717, 1.165) is 0 Å². The molecule has 0 saturated carbocycles. The van der Waals surface area contributed by atoms with E-state index in [4.69, 9.17) is 0 Å². The van der Waals surface area contributed by atoms with Crippen LogP contribution in [0.2, 0.25) is 0 Å². The molecule has 0 rings (SSSR count). The fourth-order valence-corrected chi connectivity index (χ4v) is 0.285. The lowest BCUT2D eigenvalue weighted by Crippen LogP contribution is -2.19. The predicted octanol–water partition coefficient (Wildman–Crippen LogP) is -1.88. The zero-order chi connectivity index (χ0) is 5.91. The van der Waals surface area contributed by atoms with Crippen molar-refractivity contribution in [2.75, 3.05) is 6.73 Å². The van der Waals surface area contributed by atoms with Crippen LogP contribution in [0.15, 0.2) is 0 Å². The lowest BCUT2D eigenvalue weighted by atomic mass is 11.4. The number of nitrogens with two attached hydrogens (primary N) is 2. The van der Waals surface area contributed by atoms with E-state index in [-0.39, 0.29) is 0 Å². The lowest BCUT2D eigenvalue weighted by molar-refractivity contribution is 0.329. The minimum atomic E-state index is -3.80. The fraction of sp³-hybridized carbons (Fsp3) is 1.00. The van der Waals surface area contributed by atoms with Crippen LogP contribution in [0.4, 0.5) is 0 Å². The molecule has 0 heterocycles. The van der Waals surface area contributed by atoms with Crippen molar-refractivity contribution in [2.24, 2.45) is 10.9 Å². The van der Waals surface area contributed by atoms with Gasteiger partial charge in [-0.1, -0.05) is 0 Å². The molecule has 0 atom stereocenters. The molecule has 0 aliphatic heterocycles. The topological polar surface area (TPSA) is 95.4 Å². The zero-order valence-electron chi connectivity index (χ0n) is 3.49. The van der Waals surface area contributed by atoms with Gasteiger partial charge in [-0.2, -0.15) is 8.42 Å². The van der Waals surface area contributed by atoms with Crippen LogP contribution in [0, 0.1) is 0 Å². The van der Waals surface area contributed by atoms with E-state index in [1.54, 1.807) is 0 Å². The van der Waals surface area contributed by atoms with E-state index in [2.05, 4.69) is 15.1 Å². The Hall–Kier alpha value is -0.170. The number of hydrogen-bond acceptors (Lipinski definition) is 4. The first-order valence-corrected chi connectivity index (χ1v) is 2.90. The van der Waals surface area contributed by atoms with Crippen molar-refractivity contribution in [3.8, 4) is 0 Å². The van der Waals surface area contributed by atoms with Gasteiger partial charge in [0.25, 0.3) is 0 Å². The highest BCUT2D eigenvalue weighted by Gasteiger charge is 1.95. The van der Waals surface area contributed by atoms with Gasteiger partial charge in [0.2, 0.25) is 0 Å². The minimum absolute atomic E-state index is 0.404. The Labute approximate surface area is 41.5 Å². The monoisotopic (exact) mass is 126 g/mol. The highest BCUT2D eigenvalue weighted by molar-refractivity contribution is 7.84. The molecule has 6 heteroatoms. The van der Waals surface area contributed by atoms with Gasteiger partial charge in [-0.15, -0.1) is 0 Å². The largest absolute Gasteiger partial charge is 0.334 e. The van der Waals surface area contributed by atoms with Crippen LogP contribution in [0.1, 0.15) is 0 Å². The molecule has 7 heavy (non-hydrogen) atoms. The molecule has 0 radical (unpaired) electrons. The minimum Gasteiger partial charge on any atom is -0.307 e. The number of rotatable bonds is 2. The maximum Gasteiger partial charge on any atom is 0.334 e. The first-order valence-electron chi connectivity index (χ1n) is 1.43. The van der Waals surface area contributed by atoms with Gasteiger partial charge < -0.3 is 5.73 Å². The Morgan fingerprint density at radius 3 is 2.00 bits per heavy atom. The lowest BCUT2D eigenvalue weighted by Gasteiger charge is -1.90. The second kappa shape index (κ2) is 2.22. The third-order valence-corrected chi connectivity index (χ3v) is 0.697. The van der Waals surface area contributed by atoms with Gasteiger partial charge in [0, 0.05) is 0 Å². The van der Waals surface area contributed by atoms with Crippen molar-refractivity contribution in [2.45, 2.75) is 0 Å². The maximum absolute atomic E-state index is 9.71. The van der Waals surface area contributed by atoms with Gasteiger partial charge in [0.1, 0.15) is 6.73 Å². The highest BCUT2D eigenvalue weighted by atomic mass is 32.2. The Kier molecular flexibility index (Phi) is 2.16. The third kappa shape index (κ3) is 5.83. The zero-order valence-corrected chi connectivity index (χ0v) is 4.31. The van der Waals surface area contributed by atoms with E-state index >= 15 is 0 Å². The van der Waals surface area contributed by atoms with Gasteiger partial charge >= 0.3 is 10.3 Å². The summed E-state index contributed by atoms with van der Waals surface area (Å²) in [7, 11) is -3.80. The molecule has 0 aliphatic rings. The number of hydrogen-bond donors (Lipinski definition) is 2. The molecule has 0 aliphatic carbocycles. The van der Waals surface area contributed by atoms with Crippen LogP contribution in [-0.2, 0) is 14.5 Å². The van der Waals surface area contributed by atoms with Crippen LogP contribution in [0.5, 0.6) is 0 Å². The maximum atomic E-state index is 9.71.